The fourth-order valence-corrected chi connectivity index (χ4v) is 3.13. The van der Waals surface area contributed by atoms with E-state index in [2.05, 4.69) is 15.0 Å². The van der Waals surface area contributed by atoms with Crippen LogP contribution in [-0.4, -0.2) is 32.4 Å². The van der Waals surface area contributed by atoms with E-state index in [-0.39, 0.29) is 17.0 Å². The minimum Gasteiger partial charge on any atom is -0.456 e. The Hall–Kier alpha value is -3.34. The lowest BCUT2D eigenvalue weighted by Crippen LogP contribution is -2.31. The van der Waals surface area contributed by atoms with Crippen LogP contribution in [0.3, 0.4) is 0 Å². The van der Waals surface area contributed by atoms with E-state index < -0.39 is 47.0 Å². The Morgan fingerprint density at radius 3 is 2.61 bits per heavy atom. The molecule has 0 aliphatic rings. The van der Waals surface area contributed by atoms with Crippen LogP contribution in [-0.2, 0) is 20.5 Å². The number of esters is 1. The molecular formula is C19H16ClF3N4O4. The molecule has 2 aromatic heterocycles. The lowest BCUT2D eigenvalue weighted by molar-refractivity contribution is -0.145. The van der Waals surface area contributed by atoms with E-state index in [1.54, 1.807) is 0 Å². The lowest BCUT2D eigenvalue weighted by atomic mass is 10.0. The number of benzene rings is 1. The summed E-state index contributed by atoms with van der Waals surface area (Å²) in [7, 11) is 0. The van der Waals surface area contributed by atoms with Gasteiger partial charge in [-0.2, -0.15) is 13.2 Å². The highest BCUT2D eigenvalue weighted by molar-refractivity contribution is 6.31. The summed E-state index contributed by atoms with van der Waals surface area (Å²) in [5.41, 5.74) is -1.26. The van der Waals surface area contributed by atoms with Gasteiger partial charge in [-0.1, -0.05) is 17.7 Å². The van der Waals surface area contributed by atoms with Crippen molar-refractivity contribution in [3.8, 4) is 0 Å². The van der Waals surface area contributed by atoms with Crippen LogP contribution in [0, 0.1) is 0 Å². The van der Waals surface area contributed by atoms with Crippen LogP contribution < -0.4 is 11.0 Å². The Kier molecular flexibility index (Phi) is 6.07. The van der Waals surface area contributed by atoms with Gasteiger partial charge < -0.3 is 10.1 Å². The number of nitrogens with zero attached hydrogens (tertiary/aromatic N) is 3. The summed E-state index contributed by atoms with van der Waals surface area (Å²) in [6, 6.07) is 5.45. The van der Waals surface area contributed by atoms with E-state index in [4.69, 9.17) is 11.6 Å². The highest BCUT2D eigenvalue weighted by Crippen LogP contribution is 2.36. The van der Waals surface area contributed by atoms with Crippen LogP contribution in [0.15, 0.2) is 41.5 Å². The molecule has 0 saturated carbocycles. The average Bonchev–Trinajstić information content (AvgIpc) is 3.09. The van der Waals surface area contributed by atoms with Crippen molar-refractivity contribution < 1.29 is 27.5 Å². The third kappa shape index (κ3) is 4.71. The minimum atomic E-state index is -4.65. The number of alkyl halides is 3. The number of hydrogen-bond donors (Lipinski definition) is 1. The van der Waals surface area contributed by atoms with Crippen molar-refractivity contribution in [1.29, 1.82) is 0 Å². The topological polar surface area (TPSA) is 94.7 Å². The number of anilines is 1. The lowest BCUT2D eigenvalue weighted by Gasteiger charge is -2.18. The summed E-state index contributed by atoms with van der Waals surface area (Å²) in [6.07, 6.45) is -3.45. The third-order valence-electron chi connectivity index (χ3n) is 4.46. The maximum Gasteiger partial charge on any atom is 0.417 e. The molecule has 1 atom stereocenters. The van der Waals surface area contributed by atoms with E-state index in [1.165, 1.54) is 31.5 Å². The van der Waals surface area contributed by atoms with E-state index in [1.807, 2.05) is 0 Å². The molecule has 3 rings (SSSR count). The number of rotatable bonds is 5. The van der Waals surface area contributed by atoms with Gasteiger partial charge in [0.05, 0.1) is 16.6 Å². The summed E-state index contributed by atoms with van der Waals surface area (Å²) in [5, 5.41) is 1.98. The molecule has 1 aromatic carbocycles. The number of carbonyl (C=O) groups is 2. The molecule has 164 valence electrons. The smallest absolute Gasteiger partial charge is 0.417 e. The number of fused-ring (bicyclic) bond motifs is 1. The first-order valence-electron chi connectivity index (χ1n) is 8.87. The number of hydrogen-bond acceptors (Lipinski definition) is 5. The summed E-state index contributed by atoms with van der Waals surface area (Å²) in [5.74, 6) is -1.25. The molecule has 0 bridgehead atoms. The first-order valence-corrected chi connectivity index (χ1v) is 9.25. The maximum atomic E-state index is 13.2. The molecule has 0 aliphatic heterocycles. The molecule has 1 amide bonds. The van der Waals surface area contributed by atoms with Gasteiger partial charge in [0.25, 0.3) is 5.91 Å². The van der Waals surface area contributed by atoms with Crippen molar-refractivity contribution in [1.82, 2.24) is 14.0 Å². The molecule has 0 spiro atoms. The van der Waals surface area contributed by atoms with Gasteiger partial charge in [-0.25, -0.2) is 14.2 Å². The van der Waals surface area contributed by atoms with E-state index in [9.17, 15) is 27.6 Å². The van der Waals surface area contributed by atoms with Crippen molar-refractivity contribution in [2.24, 2.45) is 0 Å². The molecule has 0 fully saturated rings. The van der Waals surface area contributed by atoms with Gasteiger partial charge in [-0.05, 0) is 36.8 Å². The zero-order valence-corrected chi connectivity index (χ0v) is 17.0. The van der Waals surface area contributed by atoms with Gasteiger partial charge in [0.2, 0.25) is 0 Å². The normalized spacial score (nSPS) is 12.6. The van der Waals surface area contributed by atoms with Crippen LogP contribution in [0.2, 0.25) is 5.02 Å². The predicted molar refractivity (Wildman–Crippen MR) is 105 cm³/mol. The zero-order valence-electron chi connectivity index (χ0n) is 16.2. The molecule has 0 radical (unpaired) electrons. The fourth-order valence-electron chi connectivity index (χ4n) is 2.90. The van der Waals surface area contributed by atoms with Gasteiger partial charge in [0, 0.05) is 6.92 Å². The van der Waals surface area contributed by atoms with Crippen LogP contribution in [0.1, 0.15) is 31.0 Å². The van der Waals surface area contributed by atoms with Crippen molar-refractivity contribution in [3.05, 3.63) is 63.3 Å². The Bertz CT molecular complexity index is 1220. The average molecular weight is 457 g/mol. The largest absolute Gasteiger partial charge is 0.456 e. The number of aromatic nitrogens is 3. The van der Waals surface area contributed by atoms with Gasteiger partial charge in [-0.3, -0.25) is 14.2 Å². The van der Waals surface area contributed by atoms with Crippen LogP contribution in [0.4, 0.5) is 19.0 Å². The van der Waals surface area contributed by atoms with Crippen molar-refractivity contribution in [2.45, 2.75) is 26.1 Å². The second kappa shape index (κ2) is 8.42. The summed E-state index contributed by atoms with van der Waals surface area (Å²) in [6.45, 7) is 2.13. The van der Waals surface area contributed by atoms with Crippen LogP contribution in [0.5, 0.6) is 0 Å². The summed E-state index contributed by atoms with van der Waals surface area (Å²) < 4.78 is 46.4. The standard InChI is InChI=1S/C19H16ClF3N4O4/c1-10(12-3-4-14(20)13(7-12)19(21,22)23)26-9-24-15-5-6-16(27(15)18(26)30)25-17(29)8-31-11(2)28/h3-7,9-10H,8H2,1-2H3,(H,25,29). The van der Waals surface area contributed by atoms with E-state index in [0.29, 0.717) is 0 Å². The quantitative estimate of drug-likeness (QED) is 0.595. The summed E-state index contributed by atoms with van der Waals surface area (Å²) >= 11 is 5.66. The van der Waals surface area contributed by atoms with Crippen molar-refractivity contribution >= 4 is 34.9 Å². The second-order valence-corrected chi connectivity index (χ2v) is 7.00. The monoisotopic (exact) mass is 456 g/mol. The first-order chi connectivity index (χ1) is 14.5. The Labute approximate surface area is 178 Å². The maximum absolute atomic E-state index is 13.2. The third-order valence-corrected chi connectivity index (χ3v) is 4.79. The molecule has 1 unspecified atom stereocenters. The molecule has 2 heterocycles. The predicted octanol–water partition coefficient (Wildman–Crippen LogP) is 3.28. The number of carbonyl (C=O) groups excluding carboxylic acids is 2. The molecule has 1 N–H and O–H groups in total. The molecular weight excluding hydrogens is 441 g/mol. The molecule has 0 saturated heterocycles. The number of ether oxygens (including phenoxy) is 1. The number of nitrogens with one attached hydrogen (secondary N) is 1. The number of amides is 1. The van der Waals surface area contributed by atoms with Gasteiger partial charge in [-0.15, -0.1) is 0 Å². The van der Waals surface area contributed by atoms with E-state index in [0.717, 1.165) is 28.0 Å². The first kappa shape index (κ1) is 22.3. The summed E-state index contributed by atoms with van der Waals surface area (Å²) in [4.78, 5) is 39.9. The SMILES string of the molecule is CC(=O)OCC(=O)Nc1ccc2ncn(C(C)c3ccc(Cl)c(C(F)(F)F)c3)c(=O)n12. The molecule has 8 nitrogen and oxygen atoms in total. The highest BCUT2D eigenvalue weighted by Gasteiger charge is 2.33. The van der Waals surface area contributed by atoms with Crippen molar-refractivity contribution in [2.75, 3.05) is 11.9 Å². The minimum absolute atomic E-state index is 0.0679. The molecule has 31 heavy (non-hydrogen) atoms. The van der Waals surface area contributed by atoms with Crippen LogP contribution in [0.25, 0.3) is 5.65 Å². The Morgan fingerprint density at radius 1 is 1.26 bits per heavy atom. The van der Waals surface area contributed by atoms with Gasteiger partial charge in [0.1, 0.15) is 17.8 Å². The highest BCUT2D eigenvalue weighted by atomic mass is 35.5. The van der Waals surface area contributed by atoms with Gasteiger partial charge in [0.15, 0.2) is 6.61 Å². The molecule has 3 aromatic rings. The Balaban J connectivity index is 1.99. The van der Waals surface area contributed by atoms with E-state index >= 15 is 0 Å². The van der Waals surface area contributed by atoms with Gasteiger partial charge >= 0.3 is 17.8 Å². The van der Waals surface area contributed by atoms with Crippen molar-refractivity contribution in [3.63, 3.8) is 0 Å². The number of halogens is 4. The van der Waals surface area contributed by atoms with Crippen LogP contribution >= 0.6 is 11.6 Å². The second-order valence-electron chi connectivity index (χ2n) is 6.59. The molecule has 0 aliphatic carbocycles. The zero-order chi connectivity index (χ0) is 22.9. The Morgan fingerprint density at radius 2 is 1.97 bits per heavy atom. The molecule has 12 heteroatoms. The fraction of sp³-hybridized carbons (Fsp3) is 0.263.